The van der Waals surface area contributed by atoms with Gasteiger partial charge < -0.3 is 5.73 Å². The maximum atomic E-state index is 12.2. The summed E-state index contributed by atoms with van der Waals surface area (Å²) in [5.41, 5.74) is 8.36. The molecule has 0 aliphatic heterocycles. The van der Waals surface area contributed by atoms with Gasteiger partial charge in [0.05, 0.1) is 5.54 Å². The number of amides is 1. The Balaban J connectivity index is 1.96. The van der Waals surface area contributed by atoms with Crippen LogP contribution in [0, 0.1) is 0 Å². The molecule has 0 bridgehead atoms. The Hall–Kier alpha value is -2.91. The molecule has 0 unspecified atom stereocenters. The minimum absolute atomic E-state index is 0.243. The highest BCUT2D eigenvalue weighted by Gasteiger charge is 2.45. The predicted molar refractivity (Wildman–Crippen MR) is 122 cm³/mol. The Bertz CT molecular complexity index is 851. The fourth-order valence-corrected chi connectivity index (χ4v) is 5.09. The molecule has 1 aliphatic carbocycles. The number of nitrogens with two attached hydrogens (primary N) is 1. The summed E-state index contributed by atoms with van der Waals surface area (Å²) >= 11 is 0. The van der Waals surface area contributed by atoms with Gasteiger partial charge in [0.2, 0.25) is 5.91 Å². The number of carbonyl (C=O) groups is 1. The van der Waals surface area contributed by atoms with Gasteiger partial charge in [-0.1, -0.05) is 110 Å². The molecule has 30 heavy (non-hydrogen) atoms. The van der Waals surface area contributed by atoms with Crippen LogP contribution in [-0.2, 0) is 10.3 Å². The third-order valence-corrected chi connectivity index (χ3v) is 6.40. The molecule has 3 nitrogen and oxygen atoms in total. The third-order valence-electron chi connectivity index (χ3n) is 6.40. The molecule has 1 amide bonds. The summed E-state index contributed by atoms with van der Waals surface area (Å²) in [7, 11) is 0. The highest BCUT2D eigenvalue weighted by Crippen LogP contribution is 2.42. The SMILES string of the molecule is NC(=O)CC1(NC(c2ccccc2)(c2ccccc2)c2ccccc2)CCCCC1. The summed E-state index contributed by atoms with van der Waals surface area (Å²) in [5, 5.41) is 4.06. The van der Waals surface area contributed by atoms with Crippen LogP contribution in [0.1, 0.15) is 55.2 Å². The number of hydrogen-bond donors (Lipinski definition) is 2. The van der Waals surface area contributed by atoms with Gasteiger partial charge in [-0.15, -0.1) is 0 Å². The molecular weight excluding hydrogens is 368 g/mol. The van der Waals surface area contributed by atoms with Crippen LogP contribution in [0.4, 0.5) is 0 Å². The second kappa shape index (κ2) is 8.85. The summed E-state index contributed by atoms with van der Waals surface area (Å²) < 4.78 is 0. The van der Waals surface area contributed by atoms with Crippen molar-refractivity contribution in [3.63, 3.8) is 0 Å². The number of hydrogen-bond acceptors (Lipinski definition) is 2. The largest absolute Gasteiger partial charge is 0.370 e. The van der Waals surface area contributed by atoms with Gasteiger partial charge in [0.1, 0.15) is 0 Å². The molecule has 1 saturated carbocycles. The Morgan fingerprint density at radius 2 is 1.13 bits per heavy atom. The molecule has 3 aromatic carbocycles. The second-order valence-electron chi connectivity index (χ2n) is 8.46. The summed E-state index contributed by atoms with van der Waals surface area (Å²) in [6, 6.07) is 31.7. The van der Waals surface area contributed by atoms with Crippen LogP contribution in [0.5, 0.6) is 0 Å². The molecule has 0 spiro atoms. The first-order chi connectivity index (χ1) is 14.6. The maximum absolute atomic E-state index is 12.2. The Kier molecular flexibility index (Phi) is 6.01. The van der Waals surface area contributed by atoms with E-state index in [0.717, 1.165) is 42.4 Å². The van der Waals surface area contributed by atoms with E-state index in [-0.39, 0.29) is 11.4 Å². The van der Waals surface area contributed by atoms with Crippen molar-refractivity contribution >= 4 is 5.91 Å². The molecule has 3 N–H and O–H groups in total. The standard InChI is InChI=1S/C27H30N2O/c28-25(30)21-26(19-11-4-12-20-26)29-27(22-13-5-1-6-14-22,23-15-7-2-8-16-23)24-17-9-3-10-18-24/h1-3,5-10,13-18,29H,4,11-12,19-21H2,(H2,28,30). The first-order valence-corrected chi connectivity index (χ1v) is 10.9. The van der Waals surface area contributed by atoms with Gasteiger partial charge in [-0.3, -0.25) is 10.1 Å². The van der Waals surface area contributed by atoms with Gasteiger partial charge in [-0.05, 0) is 29.5 Å². The van der Waals surface area contributed by atoms with E-state index in [0.29, 0.717) is 6.42 Å². The second-order valence-corrected chi connectivity index (χ2v) is 8.46. The van der Waals surface area contributed by atoms with Crippen LogP contribution >= 0.6 is 0 Å². The van der Waals surface area contributed by atoms with Crippen molar-refractivity contribution in [3.8, 4) is 0 Å². The van der Waals surface area contributed by atoms with Crippen molar-refractivity contribution in [1.29, 1.82) is 0 Å². The molecule has 3 heteroatoms. The van der Waals surface area contributed by atoms with E-state index in [1.807, 2.05) is 18.2 Å². The molecule has 0 saturated heterocycles. The van der Waals surface area contributed by atoms with Crippen molar-refractivity contribution in [3.05, 3.63) is 108 Å². The van der Waals surface area contributed by atoms with E-state index in [1.165, 1.54) is 6.42 Å². The average molecular weight is 399 g/mol. The summed E-state index contributed by atoms with van der Waals surface area (Å²) in [6.45, 7) is 0. The number of rotatable bonds is 7. The first-order valence-electron chi connectivity index (χ1n) is 10.9. The van der Waals surface area contributed by atoms with Crippen LogP contribution < -0.4 is 11.1 Å². The quantitative estimate of drug-likeness (QED) is 0.541. The zero-order valence-electron chi connectivity index (χ0n) is 17.4. The average Bonchev–Trinajstić information content (AvgIpc) is 2.79. The maximum Gasteiger partial charge on any atom is 0.219 e. The van der Waals surface area contributed by atoms with Crippen molar-refractivity contribution in [2.75, 3.05) is 0 Å². The monoisotopic (exact) mass is 398 g/mol. The molecule has 0 aromatic heterocycles. The molecule has 0 atom stereocenters. The number of nitrogens with one attached hydrogen (secondary N) is 1. The van der Waals surface area contributed by atoms with E-state index in [2.05, 4.69) is 78.1 Å². The van der Waals surface area contributed by atoms with Gasteiger partial charge in [-0.2, -0.15) is 0 Å². The van der Waals surface area contributed by atoms with Crippen molar-refractivity contribution < 1.29 is 4.79 Å². The molecule has 4 rings (SSSR count). The zero-order chi connectivity index (χ0) is 20.9. The number of carbonyl (C=O) groups excluding carboxylic acids is 1. The molecule has 0 heterocycles. The lowest BCUT2D eigenvalue weighted by Crippen LogP contribution is -2.59. The van der Waals surface area contributed by atoms with E-state index >= 15 is 0 Å². The van der Waals surface area contributed by atoms with Crippen LogP contribution in [-0.4, -0.2) is 11.4 Å². The third kappa shape index (κ3) is 4.03. The minimum Gasteiger partial charge on any atom is -0.370 e. The number of primary amides is 1. The summed E-state index contributed by atoms with van der Waals surface area (Å²) in [6.07, 6.45) is 5.66. The highest BCUT2D eigenvalue weighted by molar-refractivity contribution is 5.75. The van der Waals surface area contributed by atoms with Crippen LogP contribution in [0.15, 0.2) is 91.0 Å². The molecule has 1 aliphatic rings. The topological polar surface area (TPSA) is 55.1 Å². The molecular formula is C27H30N2O. The fraction of sp³-hybridized carbons (Fsp3) is 0.296. The van der Waals surface area contributed by atoms with E-state index < -0.39 is 5.54 Å². The Labute approximate surface area is 179 Å². The molecule has 154 valence electrons. The van der Waals surface area contributed by atoms with Crippen LogP contribution in [0.3, 0.4) is 0 Å². The van der Waals surface area contributed by atoms with E-state index in [1.54, 1.807) is 0 Å². The molecule has 0 radical (unpaired) electrons. The van der Waals surface area contributed by atoms with E-state index in [4.69, 9.17) is 5.73 Å². The normalized spacial score (nSPS) is 16.1. The lowest BCUT2D eigenvalue weighted by molar-refractivity contribution is -0.120. The van der Waals surface area contributed by atoms with Gasteiger partial charge in [0, 0.05) is 12.0 Å². The minimum atomic E-state index is -0.573. The van der Waals surface area contributed by atoms with Gasteiger partial charge >= 0.3 is 0 Å². The van der Waals surface area contributed by atoms with Crippen LogP contribution in [0.25, 0.3) is 0 Å². The molecule has 3 aromatic rings. The van der Waals surface area contributed by atoms with Crippen molar-refractivity contribution in [2.45, 2.75) is 49.6 Å². The predicted octanol–water partition coefficient (Wildman–Crippen LogP) is 5.15. The Morgan fingerprint density at radius 1 is 0.733 bits per heavy atom. The lowest BCUT2D eigenvalue weighted by Gasteiger charge is -2.48. The smallest absolute Gasteiger partial charge is 0.219 e. The first kappa shape index (κ1) is 20.4. The van der Waals surface area contributed by atoms with E-state index in [9.17, 15) is 4.79 Å². The summed E-state index contributed by atoms with van der Waals surface area (Å²) in [4.78, 5) is 12.2. The lowest BCUT2D eigenvalue weighted by atomic mass is 9.71. The molecule has 1 fully saturated rings. The van der Waals surface area contributed by atoms with Crippen molar-refractivity contribution in [1.82, 2.24) is 5.32 Å². The van der Waals surface area contributed by atoms with Gasteiger partial charge in [0.25, 0.3) is 0 Å². The van der Waals surface area contributed by atoms with Gasteiger partial charge in [0.15, 0.2) is 0 Å². The van der Waals surface area contributed by atoms with Crippen molar-refractivity contribution in [2.24, 2.45) is 5.73 Å². The number of benzene rings is 3. The highest BCUT2D eigenvalue weighted by atomic mass is 16.1. The van der Waals surface area contributed by atoms with Gasteiger partial charge in [-0.25, -0.2) is 0 Å². The van der Waals surface area contributed by atoms with Crippen LogP contribution in [0.2, 0.25) is 0 Å². The fourth-order valence-electron chi connectivity index (χ4n) is 5.09. The zero-order valence-corrected chi connectivity index (χ0v) is 17.4. The Morgan fingerprint density at radius 3 is 1.50 bits per heavy atom. The summed E-state index contributed by atoms with van der Waals surface area (Å²) in [5.74, 6) is -0.243.